The third-order valence-electron chi connectivity index (χ3n) is 3.97. The lowest BCUT2D eigenvalue weighted by molar-refractivity contribution is -0.129. The minimum absolute atomic E-state index is 0.0532. The Morgan fingerprint density at radius 1 is 1.24 bits per heavy atom. The molecule has 1 unspecified atom stereocenters. The summed E-state index contributed by atoms with van der Waals surface area (Å²) in [4.78, 5) is 25.6. The van der Waals surface area contributed by atoms with E-state index in [9.17, 15) is 9.59 Å². The minimum atomic E-state index is -0.591. The van der Waals surface area contributed by atoms with Gasteiger partial charge < -0.3 is 5.73 Å². The zero-order valence-corrected chi connectivity index (χ0v) is 12.0. The van der Waals surface area contributed by atoms with E-state index in [0.717, 1.165) is 31.2 Å². The van der Waals surface area contributed by atoms with Gasteiger partial charge in [-0.15, -0.1) is 0 Å². The maximum atomic E-state index is 12.3. The molecule has 1 aromatic rings. The summed E-state index contributed by atoms with van der Waals surface area (Å²) >= 11 is 0. The van der Waals surface area contributed by atoms with Crippen LogP contribution in [-0.4, -0.2) is 29.3 Å². The van der Waals surface area contributed by atoms with Crippen LogP contribution in [0.2, 0.25) is 0 Å². The maximum absolute atomic E-state index is 12.3. The molecule has 0 spiro atoms. The van der Waals surface area contributed by atoms with Gasteiger partial charge in [-0.05, 0) is 18.4 Å². The molecular formula is C15H22N4O2. The summed E-state index contributed by atoms with van der Waals surface area (Å²) < 4.78 is 0. The number of primary amides is 1. The van der Waals surface area contributed by atoms with Gasteiger partial charge in [-0.2, -0.15) is 0 Å². The molecule has 6 heteroatoms. The van der Waals surface area contributed by atoms with Gasteiger partial charge >= 0.3 is 0 Å². The smallest absolute Gasteiger partial charge is 0.255 e. The third kappa shape index (κ3) is 3.80. The van der Waals surface area contributed by atoms with Crippen LogP contribution in [0.4, 0.5) is 0 Å². The lowest BCUT2D eigenvalue weighted by Crippen LogP contribution is -2.49. The molecule has 0 aromatic heterocycles. The van der Waals surface area contributed by atoms with Gasteiger partial charge in [0.15, 0.2) is 0 Å². The molecule has 6 nitrogen and oxygen atoms in total. The zero-order chi connectivity index (χ0) is 15.2. The summed E-state index contributed by atoms with van der Waals surface area (Å²) in [7, 11) is 0. The molecule has 21 heavy (non-hydrogen) atoms. The molecule has 0 heterocycles. The summed E-state index contributed by atoms with van der Waals surface area (Å²) in [6.45, 7) is 0.0532. The quantitative estimate of drug-likeness (QED) is 0.402. The van der Waals surface area contributed by atoms with Crippen molar-refractivity contribution in [3.05, 3.63) is 35.9 Å². The largest absolute Gasteiger partial charge is 0.369 e. The second-order valence-corrected chi connectivity index (χ2v) is 5.40. The number of benzene rings is 1. The van der Waals surface area contributed by atoms with Crippen LogP contribution in [0.15, 0.2) is 30.3 Å². The van der Waals surface area contributed by atoms with Crippen molar-refractivity contribution in [1.29, 1.82) is 0 Å². The first-order chi connectivity index (χ1) is 10.1. The van der Waals surface area contributed by atoms with Gasteiger partial charge in [0.1, 0.15) is 6.04 Å². The molecule has 1 saturated carbocycles. The standard InChI is InChI=1S/C15H22N4O2/c16-13(20)10-19(12-8-4-5-9-12)14(15(21)18-17)11-6-2-1-3-7-11/h1-3,6-7,12,14H,4-5,8-10,17H2,(H2,16,20)(H,18,21). The van der Waals surface area contributed by atoms with Gasteiger partial charge in [-0.1, -0.05) is 43.2 Å². The van der Waals surface area contributed by atoms with Crippen molar-refractivity contribution in [3.8, 4) is 0 Å². The molecule has 1 aliphatic rings. The van der Waals surface area contributed by atoms with Crippen molar-refractivity contribution >= 4 is 11.8 Å². The monoisotopic (exact) mass is 290 g/mol. The molecule has 1 fully saturated rings. The highest BCUT2D eigenvalue weighted by atomic mass is 16.2. The fraction of sp³-hybridized carbons (Fsp3) is 0.467. The van der Waals surface area contributed by atoms with E-state index in [-0.39, 0.29) is 18.5 Å². The van der Waals surface area contributed by atoms with Crippen molar-refractivity contribution in [3.63, 3.8) is 0 Å². The van der Waals surface area contributed by atoms with Crippen molar-refractivity contribution in [2.24, 2.45) is 11.6 Å². The molecule has 0 radical (unpaired) electrons. The summed E-state index contributed by atoms with van der Waals surface area (Å²) in [6.07, 6.45) is 4.14. The van der Waals surface area contributed by atoms with Gasteiger partial charge in [0.05, 0.1) is 6.54 Å². The van der Waals surface area contributed by atoms with Gasteiger partial charge in [-0.25, -0.2) is 5.84 Å². The summed E-state index contributed by atoms with van der Waals surface area (Å²) in [5, 5.41) is 0. The second-order valence-electron chi connectivity index (χ2n) is 5.40. The number of hydrogen-bond acceptors (Lipinski definition) is 4. The van der Waals surface area contributed by atoms with Crippen LogP contribution < -0.4 is 17.0 Å². The zero-order valence-electron chi connectivity index (χ0n) is 12.0. The molecule has 0 aliphatic heterocycles. The van der Waals surface area contributed by atoms with Crippen LogP contribution in [0.25, 0.3) is 0 Å². The van der Waals surface area contributed by atoms with E-state index in [1.54, 1.807) is 0 Å². The van der Waals surface area contributed by atoms with E-state index >= 15 is 0 Å². The van der Waals surface area contributed by atoms with Crippen LogP contribution in [0.3, 0.4) is 0 Å². The molecule has 5 N–H and O–H groups in total. The molecule has 114 valence electrons. The number of hydrazine groups is 1. The Balaban J connectivity index is 2.34. The number of rotatable bonds is 6. The van der Waals surface area contributed by atoms with E-state index in [4.69, 9.17) is 11.6 Å². The van der Waals surface area contributed by atoms with Crippen LogP contribution in [0.5, 0.6) is 0 Å². The van der Waals surface area contributed by atoms with E-state index in [1.807, 2.05) is 35.2 Å². The fourth-order valence-corrected chi connectivity index (χ4v) is 3.05. The molecule has 1 aromatic carbocycles. The Hall–Kier alpha value is -1.92. The van der Waals surface area contributed by atoms with Crippen LogP contribution in [0.1, 0.15) is 37.3 Å². The lowest BCUT2D eigenvalue weighted by atomic mass is 10.0. The molecule has 1 atom stereocenters. The predicted octanol–water partition coefficient (Wildman–Crippen LogP) is 0.447. The molecule has 0 saturated heterocycles. The van der Waals surface area contributed by atoms with E-state index < -0.39 is 11.9 Å². The highest BCUT2D eigenvalue weighted by Crippen LogP contribution is 2.31. The average Bonchev–Trinajstić information content (AvgIpc) is 3.01. The summed E-state index contributed by atoms with van der Waals surface area (Å²) in [6, 6.07) is 8.93. The minimum Gasteiger partial charge on any atom is -0.369 e. The van der Waals surface area contributed by atoms with Crippen molar-refractivity contribution in [2.75, 3.05) is 6.54 Å². The number of carbonyl (C=O) groups excluding carboxylic acids is 2. The predicted molar refractivity (Wildman–Crippen MR) is 79.7 cm³/mol. The van der Waals surface area contributed by atoms with E-state index in [1.165, 1.54) is 0 Å². The number of nitrogens with zero attached hydrogens (tertiary/aromatic N) is 1. The maximum Gasteiger partial charge on any atom is 0.255 e. The molecule has 2 rings (SSSR count). The molecule has 2 amide bonds. The van der Waals surface area contributed by atoms with Crippen LogP contribution in [0, 0.1) is 0 Å². The Labute approximate surface area is 124 Å². The van der Waals surface area contributed by atoms with Crippen molar-refractivity contribution < 1.29 is 9.59 Å². The number of amides is 2. The Morgan fingerprint density at radius 3 is 2.38 bits per heavy atom. The van der Waals surface area contributed by atoms with Gasteiger partial charge in [0.2, 0.25) is 5.91 Å². The summed E-state index contributed by atoms with van der Waals surface area (Å²) in [5.41, 5.74) is 8.40. The first-order valence-electron chi connectivity index (χ1n) is 7.23. The molecule has 1 aliphatic carbocycles. The normalized spacial score (nSPS) is 16.9. The van der Waals surface area contributed by atoms with E-state index in [0.29, 0.717) is 0 Å². The van der Waals surface area contributed by atoms with Crippen LogP contribution >= 0.6 is 0 Å². The number of nitrogens with two attached hydrogens (primary N) is 2. The average molecular weight is 290 g/mol. The Bertz CT molecular complexity index is 486. The van der Waals surface area contributed by atoms with Gasteiger partial charge in [-0.3, -0.25) is 19.9 Å². The summed E-state index contributed by atoms with van der Waals surface area (Å²) in [5.74, 6) is 4.57. The van der Waals surface area contributed by atoms with Crippen molar-refractivity contribution in [2.45, 2.75) is 37.8 Å². The highest BCUT2D eigenvalue weighted by Gasteiger charge is 2.34. The Morgan fingerprint density at radius 2 is 1.86 bits per heavy atom. The van der Waals surface area contributed by atoms with Crippen LogP contribution in [-0.2, 0) is 9.59 Å². The van der Waals surface area contributed by atoms with Gasteiger partial charge in [0.25, 0.3) is 5.91 Å². The fourth-order valence-electron chi connectivity index (χ4n) is 3.05. The number of hydrogen-bond donors (Lipinski definition) is 3. The topological polar surface area (TPSA) is 101 Å². The first-order valence-corrected chi connectivity index (χ1v) is 7.23. The Kier molecular flexibility index (Phi) is 5.30. The van der Waals surface area contributed by atoms with E-state index in [2.05, 4.69) is 5.43 Å². The third-order valence-corrected chi connectivity index (χ3v) is 3.97. The number of nitrogens with one attached hydrogen (secondary N) is 1. The first kappa shape index (κ1) is 15.5. The second kappa shape index (κ2) is 7.19. The van der Waals surface area contributed by atoms with Crippen molar-refractivity contribution in [1.82, 2.24) is 10.3 Å². The SMILES string of the molecule is NNC(=O)C(c1ccccc1)N(CC(N)=O)C1CCCC1. The highest BCUT2D eigenvalue weighted by molar-refractivity contribution is 5.84. The molecule has 0 bridgehead atoms. The lowest BCUT2D eigenvalue weighted by Gasteiger charge is -2.34. The number of carbonyl (C=O) groups is 2. The molecular weight excluding hydrogens is 268 g/mol. The van der Waals surface area contributed by atoms with Gasteiger partial charge in [0, 0.05) is 6.04 Å².